The molecule has 0 amide bonds. The lowest BCUT2D eigenvalue weighted by atomic mass is 10.1. The molecule has 0 heterocycles. The van der Waals surface area contributed by atoms with E-state index in [4.69, 9.17) is 14.0 Å². The SMILES string of the molecule is CCCCCCCCCCCCCN(CCCC)c1c(OB(Oc2cc(F)c(F)c(F)c2)Oc2cc(F)c(F)c(F)c2)cc(F)c(F)c1F. The van der Waals surface area contributed by atoms with Crippen molar-refractivity contribution in [3.05, 3.63) is 82.7 Å². The minimum absolute atomic E-state index is 0.196. The van der Waals surface area contributed by atoms with E-state index >= 15 is 4.39 Å². The maximum atomic E-state index is 15.5. The Morgan fingerprint density at radius 1 is 0.449 bits per heavy atom. The lowest BCUT2D eigenvalue weighted by Gasteiger charge is -2.28. The van der Waals surface area contributed by atoms with Crippen LogP contribution in [0, 0.1) is 52.4 Å². The van der Waals surface area contributed by atoms with Gasteiger partial charge in [0.05, 0.1) is 0 Å². The van der Waals surface area contributed by atoms with Crippen LogP contribution in [0.15, 0.2) is 30.3 Å². The Kier molecular flexibility index (Phi) is 16.3. The summed E-state index contributed by atoms with van der Waals surface area (Å²) in [7, 11) is -2.33. The molecule has 4 nitrogen and oxygen atoms in total. The summed E-state index contributed by atoms with van der Waals surface area (Å²) in [5.74, 6) is -17.7. The van der Waals surface area contributed by atoms with Gasteiger partial charge in [-0.05, 0) is 12.8 Å². The molecule has 0 aliphatic rings. The smallest absolute Gasteiger partial charge is 0.489 e. The molecule has 0 saturated heterocycles. The summed E-state index contributed by atoms with van der Waals surface area (Å²) >= 11 is 0. The molecule has 0 N–H and O–H groups in total. The molecule has 0 bridgehead atoms. The van der Waals surface area contributed by atoms with Gasteiger partial charge >= 0.3 is 7.32 Å². The molecule has 0 aromatic heterocycles. The van der Waals surface area contributed by atoms with Crippen LogP contribution in [-0.4, -0.2) is 20.4 Å². The molecule has 0 aliphatic carbocycles. The lowest BCUT2D eigenvalue weighted by molar-refractivity contribution is 0.299. The fourth-order valence-electron chi connectivity index (χ4n) is 5.20. The molecule has 0 spiro atoms. The van der Waals surface area contributed by atoms with E-state index in [1.807, 2.05) is 6.92 Å². The average Bonchev–Trinajstić information content (AvgIpc) is 3.05. The van der Waals surface area contributed by atoms with Crippen LogP contribution in [0.25, 0.3) is 0 Å². The zero-order chi connectivity index (χ0) is 35.9. The maximum absolute atomic E-state index is 15.5. The van der Waals surface area contributed by atoms with Gasteiger partial charge in [0.15, 0.2) is 52.4 Å². The zero-order valence-electron chi connectivity index (χ0n) is 27.6. The van der Waals surface area contributed by atoms with Crippen LogP contribution < -0.4 is 18.9 Å². The van der Waals surface area contributed by atoms with E-state index in [2.05, 4.69) is 6.92 Å². The van der Waals surface area contributed by atoms with Crippen molar-refractivity contribution in [2.24, 2.45) is 0 Å². The molecule has 3 rings (SSSR count). The molecule has 49 heavy (non-hydrogen) atoms. The topological polar surface area (TPSA) is 30.9 Å². The quantitative estimate of drug-likeness (QED) is 0.0451. The molecule has 0 aliphatic heterocycles. The predicted molar refractivity (Wildman–Crippen MR) is 170 cm³/mol. The van der Waals surface area contributed by atoms with E-state index < -0.39 is 82.6 Å². The summed E-state index contributed by atoms with van der Waals surface area (Å²) in [4.78, 5) is 1.45. The van der Waals surface area contributed by atoms with Gasteiger partial charge in [0, 0.05) is 43.4 Å². The molecular weight excluding hydrogens is 664 g/mol. The van der Waals surface area contributed by atoms with Crippen molar-refractivity contribution in [3.8, 4) is 17.2 Å². The number of halogens is 9. The lowest BCUT2D eigenvalue weighted by Crippen LogP contribution is -2.38. The fraction of sp³-hybridized carbons (Fsp3) is 0.486. The van der Waals surface area contributed by atoms with Crippen LogP contribution in [0.2, 0.25) is 0 Å². The molecule has 0 saturated carbocycles. The number of nitrogens with zero attached hydrogens (tertiary/aromatic N) is 1. The number of rotatable bonds is 22. The Hall–Kier alpha value is -3.71. The first-order valence-electron chi connectivity index (χ1n) is 16.7. The molecule has 14 heteroatoms. The Bertz CT molecular complexity index is 1390. The first-order chi connectivity index (χ1) is 23.5. The van der Waals surface area contributed by atoms with Crippen molar-refractivity contribution in [2.75, 3.05) is 18.0 Å². The Morgan fingerprint density at radius 2 is 0.837 bits per heavy atom. The second-order valence-electron chi connectivity index (χ2n) is 11.8. The van der Waals surface area contributed by atoms with E-state index in [0.29, 0.717) is 49.6 Å². The molecule has 0 radical (unpaired) electrons. The monoisotopic (exact) mass is 705 g/mol. The van der Waals surface area contributed by atoms with E-state index in [-0.39, 0.29) is 13.1 Å². The second-order valence-corrected chi connectivity index (χ2v) is 11.8. The Balaban J connectivity index is 1.86. The van der Waals surface area contributed by atoms with Crippen LogP contribution in [-0.2, 0) is 0 Å². The van der Waals surface area contributed by atoms with Crippen LogP contribution in [0.4, 0.5) is 45.2 Å². The van der Waals surface area contributed by atoms with Crippen LogP contribution in [0.1, 0.15) is 97.3 Å². The minimum atomic E-state index is -2.33. The third-order valence-electron chi connectivity index (χ3n) is 7.83. The maximum Gasteiger partial charge on any atom is 0.864 e. The highest BCUT2D eigenvalue weighted by Gasteiger charge is 2.35. The largest absolute Gasteiger partial charge is 0.864 e. The van der Waals surface area contributed by atoms with E-state index in [1.54, 1.807) is 0 Å². The minimum Gasteiger partial charge on any atom is -0.489 e. The van der Waals surface area contributed by atoms with Gasteiger partial charge in [-0.15, -0.1) is 0 Å². The highest BCUT2D eigenvalue weighted by atomic mass is 19.2. The summed E-state index contributed by atoms with van der Waals surface area (Å²) in [5, 5.41) is 0. The highest BCUT2D eigenvalue weighted by Crippen LogP contribution is 2.36. The van der Waals surface area contributed by atoms with Gasteiger partial charge in [-0.3, -0.25) is 0 Å². The summed E-state index contributed by atoms with van der Waals surface area (Å²) in [6.45, 7) is 4.45. The van der Waals surface area contributed by atoms with Gasteiger partial charge in [0.1, 0.15) is 22.9 Å². The fourth-order valence-corrected chi connectivity index (χ4v) is 5.20. The van der Waals surface area contributed by atoms with Crippen LogP contribution >= 0.6 is 0 Å². The number of benzene rings is 3. The van der Waals surface area contributed by atoms with E-state index in [1.165, 1.54) is 37.0 Å². The molecule has 3 aromatic rings. The van der Waals surface area contributed by atoms with Crippen LogP contribution in [0.3, 0.4) is 0 Å². The van der Waals surface area contributed by atoms with Crippen molar-refractivity contribution in [1.29, 1.82) is 0 Å². The van der Waals surface area contributed by atoms with Gasteiger partial charge in [0.2, 0.25) is 0 Å². The standard InChI is InChI=1S/C35H41BF9NO3/c1-3-5-7-8-9-10-11-12-13-14-15-17-46(16-6-4-2)35-30(22-29(41)33(44)34(35)45)49-36(47-23-18-25(37)31(42)26(38)19-23)48-24-20-27(39)32(43)28(40)21-24/h18-22H,3-17H2,1-2H3. The first-order valence-corrected chi connectivity index (χ1v) is 16.7. The van der Waals surface area contributed by atoms with E-state index in [0.717, 1.165) is 32.1 Å². The summed E-state index contributed by atoms with van der Waals surface area (Å²) in [6, 6.07) is 2.03. The van der Waals surface area contributed by atoms with Crippen molar-refractivity contribution in [3.63, 3.8) is 0 Å². The van der Waals surface area contributed by atoms with E-state index in [9.17, 15) is 35.1 Å². The zero-order valence-corrected chi connectivity index (χ0v) is 27.6. The first kappa shape index (κ1) is 39.7. The molecule has 3 aromatic carbocycles. The number of hydrogen-bond acceptors (Lipinski definition) is 4. The third kappa shape index (κ3) is 12.0. The predicted octanol–water partition coefficient (Wildman–Crippen LogP) is 11.4. The Morgan fingerprint density at radius 3 is 1.29 bits per heavy atom. The molecular formula is C35H41BF9NO3. The Labute approximate surface area is 281 Å². The molecule has 0 atom stereocenters. The van der Waals surface area contributed by atoms with Gasteiger partial charge in [-0.25, -0.2) is 39.5 Å². The normalized spacial score (nSPS) is 11.2. The molecule has 270 valence electrons. The van der Waals surface area contributed by atoms with Gasteiger partial charge < -0.3 is 18.9 Å². The van der Waals surface area contributed by atoms with Gasteiger partial charge in [-0.2, -0.15) is 0 Å². The summed E-state index contributed by atoms with van der Waals surface area (Å²) in [6.07, 6.45) is 12.8. The second kappa shape index (κ2) is 20.1. The van der Waals surface area contributed by atoms with Crippen molar-refractivity contribution in [2.45, 2.75) is 97.3 Å². The van der Waals surface area contributed by atoms with Gasteiger partial charge in [-0.1, -0.05) is 84.5 Å². The molecule has 0 fully saturated rings. The molecule has 0 unspecified atom stereocenters. The van der Waals surface area contributed by atoms with Crippen LogP contribution in [0.5, 0.6) is 17.2 Å². The third-order valence-corrected chi connectivity index (χ3v) is 7.83. The van der Waals surface area contributed by atoms with Gasteiger partial charge in [0.25, 0.3) is 0 Å². The highest BCUT2D eigenvalue weighted by molar-refractivity contribution is 6.39. The number of unbranched alkanes of at least 4 members (excludes halogenated alkanes) is 11. The van der Waals surface area contributed by atoms with Crippen molar-refractivity contribution >= 4 is 13.0 Å². The van der Waals surface area contributed by atoms with Crippen molar-refractivity contribution in [1.82, 2.24) is 0 Å². The number of hydrogen-bond donors (Lipinski definition) is 0. The number of anilines is 1. The van der Waals surface area contributed by atoms with Crippen molar-refractivity contribution < 1.29 is 53.5 Å². The summed E-state index contributed by atoms with van der Waals surface area (Å²) in [5.41, 5.74) is -0.524. The summed E-state index contributed by atoms with van der Waals surface area (Å²) < 4.78 is 144. The average molecular weight is 706 g/mol.